The van der Waals surface area contributed by atoms with Gasteiger partial charge in [0.15, 0.2) is 0 Å². The maximum Gasteiger partial charge on any atom is 0.226 e. The second-order valence-corrected chi connectivity index (χ2v) is 5.28. The van der Waals surface area contributed by atoms with Crippen molar-refractivity contribution in [1.29, 1.82) is 0 Å². The summed E-state index contributed by atoms with van der Waals surface area (Å²) in [5.74, 6) is 0.472. The Morgan fingerprint density at radius 3 is 2.43 bits per heavy atom. The Morgan fingerprint density at radius 1 is 1.14 bits per heavy atom. The molecule has 118 valence electrons. The molecule has 3 N–H and O–H groups in total. The lowest BCUT2D eigenvalue weighted by Gasteiger charge is -2.08. The molecule has 1 aromatic carbocycles. The molecule has 0 spiro atoms. The molecule has 0 radical (unpaired) electrons. The monoisotopic (exact) mass is 294 g/mol. The van der Waals surface area contributed by atoms with E-state index in [1.807, 2.05) is 24.3 Å². The predicted molar refractivity (Wildman–Crippen MR) is 84.1 cm³/mol. The number of hydrogen-bond donors (Lipinski definition) is 2. The molecule has 0 bridgehead atoms. The van der Waals surface area contributed by atoms with Crippen molar-refractivity contribution in [3.63, 3.8) is 0 Å². The molecule has 1 aromatic rings. The average Bonchev–Trinajstić information content (AvgIpc) is 2.46. The van der Waals surface area contributed by atoms with Crippen LogP contribution in [0.3, 0.4) is 0 Å². The highest BCUT2D eigenvalue weighted by molar-refractivity contribution is 5.90. The van der Waals surface area contributed by atoms with Crippen molar-refractivity contribution in [2.45, 2.75) is 26.8 Å². The van der Waals surface area contributed by atoms with Crippen LogP contribution in [0.2, 0.25) is 0 Å². The second-order valence-electron chi connectivity index (χ2n) is 5.28. The fourth-order valence-corrected chi connectivity index (χ4v) is 1.65. The third-order valence-corrected chi connectivity index (χ3v) is 2.77. The van der Waals surface area contributed by atoms with Crippen molar-refractivity contribution in [3.8, 4) is 0 Å². The van der Waals surface area contributed by atoms with E-state index in [1.54, 1.807) is 0 Å². The number of carbonyl (C=O) groups is 1. The van der Waals surface area contributed by atoms with Crippen molar-refractivity contribution in [2.24, 2.45) is 11.7 Å². The quantitative estimate of drug-likeness (QED) is 0.649. The van der Waals surface area contributed by atoms with E-state index in [1.165, 1.54) is 0 Å². The van der Waals surface area contributed by atoms with E-state index >= 15 is 0 Å². The number of hydrogen-bond acceptors (Lipinski definition) is 4. The van der Waals surface area contributed by atoms with Gasteiger partial charge in [0.2, 0.25) is 5.91 Å². The summed E-state index contributed by atoms with van der Waals surface area (Å²) in [6.45, 7) is 6.93. The van der Waals surface area contributed by atoms with Crippen LogP contribution >= 0.6 is 0 Å². The van der Waals surface area contributed by atoms with Gasteiger partial charge in [0, 0.05) is 18.8 Å². The number of nitrogens with one attached hydrogen (secondary N) is 1. The summed E-state index contributed by atoms with van der Waals surface area (Å²) in [6, 6.07) is 7.50. The van der Waals surface area contributed by atoms with Gasteiger partial charge < -0.3 is 20.5 Å². The molecule has 0 aliphatic carbocycles. The van der Waals surface area contributed by atoms with E-state index in [-0.39, 0.29) is 5.91 Å². The number of ether oxygens (including phenoxy) is 2. The summed E-state index contributed by atoms with van der Waals surface area (Å²) >= 11 is 0. The van der Waals surface area contributed by atoms with Crippen LogP contribution in [0.4, 0.5) is 5.69 Å². The fourth-order valence-electron chi connectivity index (χ4n) is 1.65. The second kappa shape index (κ2) is 10.3. The van der Waals surface area contributed by atoms with Gasteiger partial charge in [-0.15, -0.1) is 0 Å². The van der Waals surface area contributed by atoms with Crippen molar-refractivity contribution in [2.75, 3.05) is 31.7 Å². The van der Waals surface area contributed by atoms with Crippen LogP contribution in [-0.4, -0.2) is 32.3 Å². The molecular weight excluding hydrogens is 268 g/mol. The Kier molecular flexibility index (Phi) is 8.66. The van der Waals surface area contributed by atoms with Crippen LogP contribution in [-0.2, 0) is 20.8 Å². The van der Waals surface area contributed by atoms with Gasteiger partial charge >= 0.3 is 0 Å². The Hall–Kier alpha value is -1.43. The smallest absolute Gasteiger partial charge is 0.226 e. The molecule has 21 heavy (non-hydrogen) atoms. The van der Waals surface area contributed by atoms with Crippen molar-refractivity contribution >= 4 is 11.6 Å². The molecule has 0 aliphatic rings. The molecule has 1 amide bonds. The third kappa shape index (κ3) is 8.45. The van der Waals surface area contributed by atoms with E-state index in [0.29, 0.717) is 38.7 Å². The Morgan fingerprint density at radius 2 is 1.81 bits per heavy atom. The van der Waals surface area contributed by atoms with Gasteiger partial charge in [-0.1, -0.05) is 26.0 Å². The molecule has 1 rings (SSSR count). The van der Waals surface area contributed by atoms with E-state index in [4.69, 9.17) is 15.2 Å². The average molecular weight is 294 g/mol. The lowest BCUT2D eigenvalue weighted by Crippen LogP contribution is -2.15. The number of nitrogens with two attached hydrogens (primary N) is 1. The molecule has 0 saturated heterocycles. The lowest BCUT2D eigenvalue weighted by atomic mass is 10.2. The summed E-state index contributed by atoms with van der Waals surface area (Å²) in [7, 11) is 0. The van der Waals surface area contributed by atoms with E-state index in [9.17, 15) is 4.79 Å². The molecule has 5 heteroatoms. The normalized spacial score (nSPS) is 10.9. The standard InChI is InChI=1S/C16H26N2O3/c1-13(2)12-21-10-9-20-8-7-16(19)18-15-5-3-14(11-17)4-6-15/h3-6,13H,7-12,17H2,1-2H3,(H,18,19). The van der Waals surface area contributed by atoms with Gasteiger partial charge in [-0.2, -0.15) is 0 Å². The Bertz CT molecular complexity index is 404. The van der Waals surface area contributed by atoms with Crippen LogP contribution in [0.25, 0.3) is 0 Å². The van der Waals surface area contributed by atoms with Gasteiger partial charge in [0.25, 0.3) is 0 Å². The first-order chi connectivity index (χ1) is 10.1. The zero-order valence-electron chi connectivity index (χ0n) is 12.9. The first-order valence-electron chi connectivity index (χ1n) is 7.36. The van der Waals surface area contributed by atoms with Gasteiger partial charge in [-0.05, 0) is 23.6 Å². The third-order valence-electron chi connectivity index (χ3n) is 2.77. The molecular formula is C16H26N2O3. The molecule has 0 fully saturated rings. The van der Waals surface area contributed by atoms with Crippen LogP contribution in [0.1, 0.15) is 25.8 Å². The summed E-state index contributed by atoms with van der Waals surface area (Å²) in [6.07, 6.45) is 0.336. The minimum atomic E-state index is -0.0569. The number of amides is 1. The first kappa shape index (κ1) is 17.6. The van der Waals surface area contributed by atoms with E-state index < -0.39 is 0 Å². The highest BCUT2D eigenvalue weighted by Crippen LogP contribution is 2.09. The maximum absolute atomic E-state index is 11.7. The fraction of sp³-hybridized carbons (Fsp3) is 0.562. The largest absolute Gasteiger partial charge is 0.379 e. The van der Waals surface area contributed by atoms with E-state index in [2.05, 4.69) is 19.2 Å². The van der Waals surface area contributed by atoms with Gasteiger partial charge in [-0.25, -0.2) is 0 Å². The van der Waals surface area contributed by atoms with Crippen LogP contribution in [0.15, 0.2) is 24.3 Å². The molecule has 5 nitrogen and oxygen atoms in total. The minimum Gasteiger partial charge on any atom is -0.379 e. The van der Waals surface area contributed by atoms with Crippen molar-refractivity contribution in [1.82, 2.24) is 0 Å². The Labute approximate surface area is 126 Å². The first-order valence-corrected chi connectivity index (χ1v) is 7.36. The van der Waals surface area contributed by atoms with Gasteiger partial charge in [0.1, 0.15) is 0 Å². The number of anilines is 1. The van der Waals surface area contributed by atoms with Crippen molar-refractivity contribution in [3.05, 3.63) is 29.8 Å². The van der Waals surface area contributed by atoms with E-state index in [0.717, 1.165) is 17.9 Å². The molecule has 0 aliphatic heterocycles. The summed E-state index contributed by atoms with van der Waals surface area (Å²) < 4.78 is 10.7. The van der Waals surface area contributed by atoms with Crippen LogP contribution in [0.5, 0.6) is 0 Å². The number of rotatable bonds is 10. The molecule has 0 atom stereocenters. The van der Waals surface area contributed by atoms with Crippen LogP contribution < -0.4 is 11.1 Å². The molecule has 0 aromatic heterocycles. The summed E-state index contributed by atoms with van der Waals surface area (Å²) in [4.78, 5) is 11.7. The highest BCUT2D eigenvalue weighted by Gasteiger charge is 2.02. The predicted octanol–water partition coefficient (Wildman–Crippen LogP) is 2.16. The van der Waals surface area contributed by atoms with Gasteiger partial charge in [0.05, 0.1) is 26.2 Å². The molecule has 0 heterocycles. The molecule has 0 saturated carbocycles. The van der Waals surface area contributed by atoms with Crippen molar-refractivity contribution < 1.29 is 14.3 Å². The zero-order valence-corrected chi connectivity index (χ0v) is 12.9. The Balaban J connectivity index is 2.08. The summed E-state index contributed by atoms with van der Waals surface area (Å²) in [5, 5.41) is 2.82. The summed E-state index contributed by atoms with van der Waals surface area (Å²) in [5.41, 5.74) is 7.33. The SMILES string of the molecule is CC(C)COCCOCCC(=O)Nc1ccc(CN)cc1. The minimum absolute atomic E-state index is 0.0569. The van der Waals surface area contributed by atoms with Crippen LogP contribution in [0, 0.1) is 5.92 Å². The molecule has 0 unspecified atom stereocenters. The topological polar surface area (TPSA) is 73.6 Å². The zero-order chi connectivity index (χ0) is 15.5. The number of benzene rings is 1. The maximum atomic E-state index is 11.7. The number of carbonyl (C=O) groups excluding carboxylic acids is 1. The van der Waals surface area contributed by atoms with Gasteiger partial charge in [-0.3, -0.25) is 4.79 Å². The lowest BCUT2D eigenvalue weighted by molar-refractivity contribution is -0.117. The highest BCUT2D eigenvalue weighted by atomic mass is 16.5.